The zero-order valence-electron chi connectivity index (χ0n) is 15.2. The summed E-state index contributed by atoms with van der Waals surface area (Å²) in [7, 11) is 0. The van der Waals surface area contributed by atoms with Crippen molar-refractivity contribution in [1.82, 2.24) is 9.97 Å². The molecule has 27 heavy (non-hydrogen) atoms. The predicted octanol–water partition coefficient (Wildman–Crippen LogP) is 5.40. The Morgan fingerprint density at radius 2 is 1.89 bits per heavy atom. The molecule has 1 aromatic heterocycles. The maximum absolute atomic E-state index is 12.5. The number of aryl methyl sites for hydroxylation is 2. The first-order valence-electron chi connectivity index (χ1n) is 8.59. The van der Waals surface area contributed by atoms with Gasteiger partial charge in [0.05, 0.1) is 17.1 Å². The van der Waals surface area contributed by atoms with Gasteiger partial charge in [0.1, 0.15) is 0 Å². The van der Waals surface area contributed by atoms with Gasteiger partial charge in [-0.15, -0.1) is 0 Å². The van der Waals surface area contributed by atoms with Crippen molar-refractivity contribution in [2.24, 2.45) is 0 Å². The predicted molar refractivity (Wildman–Crippen MR) is 112 cm³/mol. The number of anilines is 1. The van der Waals surface area contributed by atoms with Gasteiger partial charge in [-0.3, -0.25) is 4.79 Å². The van der Waals surface area contributed by atoms with Crippen LogP contribution in [0.5, 0.6) is 0 Å². The summed E-state index contributed by atoms with van der Waals surface area (Å²) in [6.45, 7) is 1.88. The Hall–Kier alpha value is -2.37. The molecule has 0 radical (unpaired) electrons. The van der Waals surface area contributed by atoms with Crippen LogP contribution in [0, 0.1) is 6.92 Å². The maximum atomic E-state index is 12.5. The van der Waals surface area contributed by atoms with Crippen molar-refractivity contribution in [3.05, 3.63) is 70.9 Å². The Bertz CT molecular complexity index is 947. The molecule has 138 valence electrons. The number of rotatable bonds is 6. The van der Waals surface area contributed by atoms with E-state index in [4.69, 9.17) is 11.6 Å². The van der Waals surface area contributed by atoms with E-state index in [-0.39, 0.29) is 5.91 Å². The van der Waals surface area contributed by atoms with Crippen molar-refractivity contribution in [2.45, 2.75) is 24.9 Å². The van der Waals surface area contributed by atoms with Crippen molar-refractivity contribution in [2.75, 3.05) is 11.6 Å². The first-order chi connectivity index (χ1) is 13.1. The van der Waals surface area contributed by atoms with Crippen LogP contribution in [0.1, 0.15) is 17.7 Å². The van der Waals surface area contributed by atoms with Crippen LogP contribution in [0.15, 0.2) is 59.8 Å². The van der Waals surface area contributed by atoms with Crippen LogP contribution in [-0.2, 0) is 11.2 Å². The molecule has 0 aliphatic heterocycles. The minimum absolute atomic E-state index is 0.0641. The number of carbonyl (C=O) groups is 1. The number of hydrogen-bond donors (Lipinski definition) is 1. The highest BCUT2D eigenvalue weighted by atomic mass is 35.5. The maximum Gasteiger partial charge on any atom is 0.224 e. The number of amides is 1. The van der Waals surface area contributed by atoms with Gasteiger partial charge in [0.2, 0.25) is 5.91 Å². The molecule has 0 fully saturated rings. The summed E-state index contributed by atoms with van der Waals surface area (Å²) in [5, 5.41) is 4.28. The average molecular weight is 398 g/mol. The quantitative estimate of drug-likeness (QED) is 0.447. The van der Waals surface area contributed by atoms with Crippen molar-refractivity contribution < 1.29 is 4.79 Å². The molecular weight excluding hydrogens is 378 g/mol. The van der Waals surface area contributed by atoms with Gasteiger partial charge in [-0.05, 0) is 37.3 Å². The molecule has 3 aromatic rings. The van der Waals surface area contributed by atoms with Crippen molar-refractivity contribution in [1.29, 1.82) is 0 Å². The first-order valence-corrected chi connectivity index (χ1v) is 10.2. The van der Waals surface area contributed by atoms with Crippen LogP contribution < -0.4 is 5.32 Å². The summed E-state index contributed by atoms with van der Waals surface area (Å²) in [6.07, 6.45) is 3.00. The van der Waals surface area contributed by atoms with E-state index in [9.17, 15) is 4.79 Å². The van der Waals surface area contributed by atoms with Crippen molar-refractivity contribution >= 4 is 35.0 Å². The lowest BCUT2D eigenvalue weighted by Crippen LogP contribution is -2.15. The minimum Gasteiger partial charge on any atom is -0.323 e. The second kappa shape index (κ2) is 9.02. The van der Waals surface area contributed by atoms with Gasteiger partial charge in [-0.25, -0.2) is 9.97 Å². The van der Waals surface area contributed by atoms with E-state index >= 15 is 0 Å². The molecule has 1 amide bonds. The number of halogens is 1. The molecule has 0 bridgehead atoms. The zero-order valence-corrected chi connectivity index (χ0v) is 16.8. The third kappa shape index (κ3) is 5.08. The monoisotopic (exact) mass is 397 g/mol. The zero-order chi connectivity index (χ0) is 19.2. The van der Waals surface area contributed by atoms with E-state index < -0.39 is 0 Å². The van der Waals surface area contributed by atoms with Crippen LogP contribution in [-0.4, -0.2) is 22.1 Å². The van der Waals surface area contributed by atoms with Gasteiger partial charge in [-0.2, -0.15) is 0 Å². The molecule has 1 N–H and O–H groups in total. The highest BCUT2D eigenvalue weighted by molar-refractivity contribution is 7.98. The molecule has 0 aliphatic carbocycles. The lowest BCUT2D eigenvalue weighted by molar-refractivity contribution is -0.116. The Morgan fingerprint density at radius 1 is 1.11 bits per heavy atom. The van der Waals surface area contributed by atoms with E-state index in [1.807, 2.05) is 67.8 Å². The standard InChI is InChI=1S/C21H20ClN3OS/c1-14-19(24-18(26)12-11-15-7-4-3-5-8-15)20(25-21(23-14)27-2)16-9-6-10-17(22)13-16/h3-10,13H,11-12H2,1-2H3,(H,24,26). The fraction of sp³-hybridized carbons (Fsp3) is 0.190. The molecule has 6 heteroatoms. The summed E-state index contributed by atoms with van der Waals surface area (Å²) >= 11 is 7.61. The van der Waals surface area contributed by atoms with E-state index in [0.29, 0.717) is 34.4 Å². The third-order valence-electron chi connectivity index (χ3n) is 4.10. The molecule has 0 saturated carbocycles. The van der Waals surface area contributed by atoms with Gasteiger partial charge < -0.3 is 5.32 Å². The number of thioether (sulfide) groups is 1. The second-order valence-electron chi connectivity index (χ2n) is 6.06. The highest BCUT2D eigenvalue weighted by Crippen LogP contribution is 2.31. The Labute approximate surface area is 168 Å². The summed E-state index contributed by atoms with van der Waals surface area (Å²) < 4.78 is 0. The number of aromatic nitrogens is 2. The summed E-state index contributed by atoms with van der Waals surface area (Å²) in [6, 6.07) is 17.4. The highest BCUT2D eigenvalue weighted by Gasteiger charge is 2.16. The number of carbonyl (C=O) groups excluding carboxylic acids is 1. The Kier molecular flexibility index (Phi) is 6.48. The van der Waals surface area contributed by atoms with E-state index in [1.54, 1.807) is 0 Å². The summed E-state index contributed by atoms with van der Waals surface area (Å²) in [5.41, 5.74) is 4.03. The molecule has 1 heterocycles. The Morgan fingerprint density at radius 3 is 2.59 bits per heavy atom. The van der Waals surface area contributed by atoms with E-state index in [0.717, 1.165) is 16.8 Å². The first kappa shape index (κ1) is 19.4. The summed E-state index contributed by atoms with van der Waals surface area (Å²) in [5.74, 6) is -0.0641. The van der Waals surface area contributed by atoms with E-state index in [1.165, 1.54) is 11.8 Å². The molecule has 4 nitrogen and oxygen atoms in total. The Balaban J connectivity index is 1.86. The van der Waals surface area contributed by atoms with Crippen LogP contribution >= 0.6 is 23.4 Å². The average Bonchev–Trinajstić information content (AvgIpc) is 2.68. The number of hydrogen-bond acceptors (Lipinski definition) is 4. The van der Waals surface area contributed by atoms with Crippen LogP contribution in [0.2, 0.25) is 5.02 Å². The SMILES string of the molecule is CSc1nc(C)c(NC(=O)CCc2ccccc2)c(-c2cccc(Cl)c2)n1. The largest absolute Gasteiger partial charge is 0.323 e. The normalized spacial score (nSPS) is 10.6. The van der Waals surface area contributed by atoms with Gasteiger partial charge >= 0.3 is 0 Å². The fourth-order valence-corrected chi connectivity index (χ4v) is 3.34. The van der Waals surface area contributed by atoms with Crippen LogP contribution in [0.4, 0.5) is 5.69 Å². The number of nitrogens with zero attached hydrogens (tertiary/aromatic N) is 2. The molecule has 0 aliphatic rings. The van der Waals surface area contributed by atoms with Crippen molar-refractivity contribution in [3.8, 4) is 11.3 Å². The van der Waals surface area contributed by atoms with E-state index in [2.05, 4.69) is 15.3 Å². The summed E-state index contributed by atoms with van der Waals surface area (Å²) in [4.78, 5) is 21.6. The molecular formula is C21H20ClN3OS. The lowest BCUT2D eigenvalue weighted by Gasteiger charge is -2.14. The van der Waals surface area contributed by atoms with Gasteiger partial charge in [-0.1, -0.05) is 65.8 Å². The molecule has 0 atom stereocenters. The number of nitrogens with one attached hydrogen (secondary N) is 1. The molecule has 0 saturated heterocycles. The van der Waals surface area contributed by atoms with Gasteiger partial charge in [0, 0.05) is 17.0 Å². The third-order valence-corrected chi connectivity index (χ3v) is 4.88. The fourth-order valence-electron chi connectivity index (χ4n) is 2.74. The lowest BCUT2D eigenvalue weighted by atomic mass is 10.1. The topological polar surface area (TPSA) is 54.9 Å². The number of benzene rings is 2. The molecule has 0 spiro atoms. The van der Waals surface area contributed by atoms with Crippen molar-refractivity contribution in [3.63, 3.8) is 0 Å². The van der Waals surface area contributed by atoms with Crippen LogP contribution in [0.25, 0.3) is 11.3 Å². The van der Waals surface area contributed by atoms with Crippen LogP contribution in [0.3, 0.4) is 0 Å². The molecule has 2 aromatic carbocycles. The second-order valence-corrected chi connectivity index (χ2v) is 7.27. The van der Waals surface area contributed by atoms with Gasteiger partial charge in [0.15, 0.2) is 5.16 Å². The molecule has 3 rings (SSSR count). The smallest absolute Gasteiger partial charge is 0.224 e. The minimum atomic E-state index is -0.0641. The molecule has 0 unspecified atom stereocenters. The van der Waals surface area contributed by atoms with Gasteiger partial charge in [0.25, 0.3) is 0 Å².